The fraction of sp³-hybridized carbons (Fsp3) is 0.538. The van der Waals surface area contributed by atoms with Crippen LogP contribution in [0.15, 0.2) is 18.2 Å². The van der Waals surface area contributed by atoms with Crippen LogP contribution in [0.3, 0.4) is 0 Å². The molecule has 0 saturated heterocycles. The third-order valence-electron chi connectivity index (χ3n) is 2.68. The van der Waals surface area contributed by atoms with E-state index in [0.717, 1.165) is 18.0 Å². The van der Waals surface area contributed by atoms with Gasteiger partial charge in [0.1, 0.15) is 13.2 Å². The Morgan fingerprint density at radius 3 is 2.82 bits per heavy atom. The van der Waals surface area contributed by atoms with Gasteiger partial charge in [-0.3, -0.25) is 0 Å². The first-order chi connectivity index (χ1) is 8.29. The van der Waals surface area contributed by atoms with Gasteiger partial charge < -0.3 is 19.5 Å². The lowest BCUT2D eigenvalue weighted by atomic mass is 10.2. The van der Waals surface area contributed by atoms with Gasteiger partial charge in [-0.05, 0) is 24.6 Å². The molecule has 1 unspecified atom stereocenters. The average Bonchev–Trinajstić information content (AvgIpc) is 2.36. The SMILES string of the molecule is COCC(C)NCc1ccc2c(c1)OCCO2. The zero-order valence-electron chi connectivity index (χ0n) is 10.4. The van der Waals surface area contributed by atoms with E-state index in [4.69, 9.17) is 14.2 Å². The van der Waals surface area contributed by atoms with Crippen LogP contribution in [0.5, 0.6) is 11.5 Å². The summed E-state index contributed by atoms with van der Waals surface area (Å²) in [6.07, 6.45) is 0. The lowest BCUT2D eigenvalue weighted by Crippen LogP contribution is -2.29. The van der Waals surface area contributed by atoms with E-state index < -0.39 is 0 Å². The van der Waals surface area contributed by atoms with Crippen molar-refractivity contribution >= 4 is 0 Å². The molecule has 2 rings (SSSR count). The number of methoxy groups -OCH3 is 1. The van der Waals surface area contributed by atoms with Crippen LogP contribution in [0, 0.1) is 0 Å². The number of hydrogen-bond acceptors (Lipinski definition) is 4. The Kier molecular flexibility index (Phi) is 4.23. The second-order valence-electron chi connectivity index (χ2n) is 4.22. The summed E-state index contributed by atoms with van der Waals surface area (Å²) in [5.41, 5.74) is 1.19. The van der Waals surface area contributed by atoms with E-state index in [1.54, 1.807) is 7.11 Å². The Bertz CT molecular complexity index is 368. The van der Waals surface area contributed by atoms with Crippen LogP contribution in [-0.2, 0) is 11.3 Å². The van der Waals surface area contributed by atoms with Gasteiger partial charge in [0.15, 0.2) is 11.5 Å². The largest absolute Gasteiger partial charge is 0.486 e. The number of rotatable bonds is 5. The second kappa shape index (κ2) is 5.89. The maximum Gasteiger partial charge on any atom is 0.161 e. The number of hydrogen-bond donors (Lipinski definition) is 1. The molecule has 1 N–H and O–H groups in total. The second-order valence-corrected chi connectivity index (χ2v) is 4.22. The normalized spacial score (nSPS) is 15.6. The van der Waals surface area contributed by atoms with Crippen molar-refractivity contribution in [2.24, 2.45) is 0 Å². The Morgan fingerprint density at radius 1 is 1.29 bits per heavy atom. The van der Waals surface area contributed by atoms with Crippen LogP contribution < -0.4 is 14.8 Å². The molecule has 0 spiro atoms. The van der Waals surface area contributed by atoms with Crippen LogP contribution >= 0.6 is 0 Å². The summed E-state index contributed by atoms with van der Waals surface area (Å²) in [7, 11) is 1.71. The molecule has 0 fully saturated rings. The molecule has 94 valence electrons. The molecule has 1 aliphatic rings. The minimum Gasteiger partial charge on any atom is -0.486 e. The smallest absolute Gasteiger partial charge is 0.161 e. The van der Waals surface area contributed by atoms with Crippen LogP contribution in [0.4, 0.5) is 0 Å². The lowest BCUT2D eigenvalue weighted by Gasteiger charge is -2.19. The molecular formula is C13H19NO3. The molecular weight excluding hydrogens is 218 g/mol. The highest BCUT2D eigenvalue weighted by atomic mass is 16.6. The van der Waals surface area contributed by atoms with Gasteiger partial charge in [0, 0.05) is 19.7 Å². The molecule has 1 aromatic rings. The highest BCUT2D eigenvalue weighted by Gasteiger charge is 2.11. The van der Waals surface area contributed by atoms with E-state index in [9.17, 15) is 0 Å². The zero-order chi connectivity index (χ0) is 12.1. The van der Waals surface area contributed by atoms with Crippen molar-refractivity contribution in [1.29, 1.82) is 0 Å². The molecule has 0 bridgehead atoms. The average molecular weight is 237 g/mol. The van der Waals surface area contributed by atoms with E-state index in [0.29, 0.717) is 25.9 Å². The predicted octanol–water partition coefficient (Wildman–Crippen LogP) is 1.58. The first-order valence-electron chi connectivity index (χ1n) is 5.90. The van der Waals surface area contributed by atoms with E-state index >= 15 is 0 Å². The summed E-state index contributed by atoms with van der Waals surface area (Å²) in [6, 6.07) is 6.39. The van der Waals surface area contributed by atoms with Crippen molar-refractivity contribution in [2.45, 2.75) is 19.5 Å². The van der Waals surface area contributed by atoms with Crippen LogP contribution in [0.25, 0.3) is 0 Å². The minimum absolute atomic E-state index is 0.341. The fourth-order valence-corrected chi connectivity index (χ4v) is 1.80. The van der Waals surface area contributed by atoms with Crippen molar-refractivity contribution in [3.63, 3.8) is 0 Å². The van der Waals surface area contributed by atoms with Gasteiger partial charge in [0.2, 0.25) is 0 Å². The van der Waals surface area contributed by atoms with Crippen molar-refractivity contribution in [1.82, 2.24) is 5.32 Å². The molecule has 17 heavy (non-hydrogen) atoms. The van der Waals surface area contributed by atoms with Crippen molar-refractivity contribution < 1.29 is 14.2 Å². The van der Waals surface area contributed by atoms with Crippen molar-refractivity contribution in [3.05, 3.63) is 23.8 Å². The quantitative estimate of drug-likeness (QED) is 0.844. The molecule has 0 amide bonds. The molecule has 4 nitrogen and oxygen atoms in total. The maximum atomic E-state index is 5.54. The summed E-state index contributed by atoms with van der Waals surface area (Å²) >= 11 is 0. The van der Waals surface area contributed by atoms with Gasteiger partial charge in [0.25, 0.3) is 0 Å². The standard InChI is InChI=1S/C13H19NO3/c1-10(9-15-2)14-8-11-3-4-12-13(7-11)17-6-5-16-12/h3-4,7,10,14H,5-6,8-9H2,1-2H3. The number of fused-ring (bicyclic) bond motifs is 1. The molecule has 0 aromatic heterocycles. The Morgan fingerprint density at radius 2 is 2.06 bits per heavy atom. The predicted molar refractivity (Wildman–Crippen MR) is 65.6 cm³/mol. The number of ether oxygens (including phenoxy) is 3. The van der Waals surface area contributed by atoms with E-state index in [1.807, 2.05) is 12.1 Å². The summed E-state index contributed by atoms with van der Waals surface area (Å²) in [4.78, 5) is 0. The summed E-state index contributed by atoms with van der Waals surface area (Å²) in [5, 5.41) is 3.39. The minimum atomic E-state index is 0.341. The maximum absolute atomic E-state index is 5.54. The van der Waals surface area contributed by atoms with Crippen molar-refractivity contribution in [3.8, 4) is 11.5 Å². The first-order valence-corrected chi connectivity index (χ1v) is 5.90. The van der Waals surface area contributed by atoms with Crippen LogP contribution in [0.1, 0.15) is 12.5 Å². The highest BCUT2D eigenvalue weighted by molar-refractivity contribution is 5.43. The van der Waals surface area contributed by atoms with E-state index in [2.05, 4.69) is 18.3 Å². The van der Waals surface area contributed by atoms with Gasteiger partial charge in [-0.15, -0.1) is 0 Å². The highest BCUT2D eigenvalue weighted by Crippen LogP contribution is 2.30. The molecule has 1 heterocycles. The van der Waals surface area contributed by atoms with E-state index in [-0.39, 0.29) is 0 Å². The molecule has 1 aliphatic heterocycles. The fourth-order valence-electron chi connectivity index (χ4n) is 1.80. The molecule has 0 saturated carbocycles. The zero-order valence-corrected chi connectivity index (χ0v) is 10.4. The topological polar surface area (TPSA) is 39.7 Å². The Balaban J connectivity index is 1.93. The molecule has 0 radical (unpaired) electrons. The first kappa shape index (κ1) is 12.2. The summed E-state index contributed by atoms with van der Waals surface area (Å²) in [5.74, 6) is 1.68. The molecule has 1 aromatic carbocycles. The van der Waals surface area contributed by atoms with Crippen molar-refractivity contribution in [2.75, 3.05) is 26.9 Å². The van der Waals surface area contributed by atoms with Crippen LogP contribution in [-0.4, -0.2) is 33.0 Å². The number of nitrogens with one attached hydrogen (secondary N) is 1. The summed E-state index contributed by atoms with van der Waals surface area (Å²) < 4.78 is 16.1. The molecule has 1 atom stereocenters. The Hall–Kier alpha value is -1.26. The lowest BCUT2D eigenvalue weighted by molar-refractivity contribution is 0.169. The Labute approximate surface area is 102 Å². The monoisotopic (exact) mass is 237 g/mol. The third-order valence-corrected chi connectivity index (χ3v) is 2.68. The molecule has 4 heteroatoms. The third kappa shape index (κ3) is 3.35. The van der Waals surface area contributed by atoms with Gasteiger partial charge in [-0.1, -0.05) is 6.07 Å². The number of benzene rings is 1. The van der Waals surface area contributed by atoms with Gasteiger partial charge in [-0.25, -0.2) is 0 Å². The molecule has 0 aliphatic carbocycles. The van der Waals surface area contributed by atoms with E-state index in [1.165, 1.54) is 5.56 Å². The van der Waals surface area contributed by atoms with Gasteiger partial charge in [-0.2, -0.15) is 0 Å². The van der Waals surface area contributed by atoms with Crippen LogP contribution in [0.2, 0.25) is 0 Å². The van der Waals surface area contributed by atoms with Gasteiger partial charge >= 0.3 is 0 Å². The van der Waals surface area contributed by atoms with Gasteiger partial charge in [0.05, 0.1) is 6.61 Å². The summed E-state index contributed by atoms with van der Waals surface area (Å²) in [6.45, 7) is 4.88.